The van der Waals surface area contributed by atoms with E-state index in [2.05, 4.69) is 18.7 Å². The van der Waals surface area contributed by atoms with Crippen LogP contribution in [0.1, 0.15) is 39.5 Å². The smallest absolute Gasteiger partial charge is 0.0710 e. The second-order valence-electron chi connectivity index (χ2n) is 5.94. The highest BCUT2D eigenvalue weighted by Crippen LogP contribution is 2.30. The largest absolute Gasteiger partial charge is 0.371 e. The van der Waals surface area contributed by atoms with Gasteiger partial charge in [0, 0.05) is 12.4 Å². The molecule has 3 heteroatoms. The average molecular weight is 246 g/mol. The van der Waals surface area contributed by atoms with Gasteiger partial charge in [-0.2, -0.15) is 0 Å². The third-order valence-electron chi connectivity index (χ3n) is 3.94. The number of ether oxygens (including phenoxy) is 1. The Hall–Kier alpha value is 0.210. The van der Waals surface area contributed by atoms with Crippen LogP contribution in [0, 0.1) is 5.92 Å². The topological polar surface area (TPSA) is 12.5 Å². The highest BCUT2D eigenvalue weighted by Gasteiger charge is 2.33. The van der Waals surface area contributed by atoms with Crippen LogP contribution in [0.25, 0.3) is 0 Å². The van der Waals surface area contributed by atoms with Crippen molar-refractivity contribution in [3.05, 3.63) is 0 Å². The molecule has 1 unspecified atom stereocenters. The van der Waals surface area contributed by atoms with Crippen molar-refractivity contribution in [2.24, 2.45) is 5.92 Å². The Balaban J connectivity index is 1.71. The van der Waals surface area contributed by atoms with Crippen LogP contribution in [-0.4, -0.2) is 42.1 Å². The Kier molecular flexibility index (Phi) is 4.15. The van der Waals surface area contributed by atoms with E-state index < -0.39 is 0 Å². The van der Waals surface area contributed by atoms with Crippen molar-refractivity contribution in [1.29, 1.82) is 0 Å². The van der Waals surface area contributed by atoms with Crippen molar-refractivity contribution in [3.63, 3.8) is 0 Å². The lowest BCUT2D eigenvalue weighted by Crippen LogP contribution is -2.39. The third-order valence-corrected chi connectivity index (χ3v) is 4.38. The summed E-state index contributed by atoms with van der Waals surface area (Å²) in [5.41, 5.74) is 0.110. The minimum atomic E-state index is 0.110. The van der Waals surface area contributed by atoms with Crippen LogP contribution < -0.4 is 0 Å². The summed E-state index contributed by atoms with van der Waals surface area (Å²) in [7, 11) is 0. The average Bonchev–Trinajstić information content (AvgIpc) is 2.59. The molecular weight excluding hydrogens is 222 g/mol. The van der Waals surface area contributed by atoms with Gasteiger partial charge in [0.15, 0.2) is 0 Å². The summed E-state index contributed by atoms with van der Waals surface area (Å²) in [6.45, 7) is 7.94. The number of nitrogens with zero attached hydrogens (tertiary/aromatic N) is 1. The molecule has 16 heavy (non-hydrogen) atoms. The second-order valence-corrected chi connectivity index (χ2v) is 6.25. The standard InChI is InChI=1S/C13H24ClNO/c1-13(2)6-3-12(16-13)10-15-7-4-11(9-14)5-8-15/h11-12H,3-10H2,1-2H3. The SMILES string of the molecule is CC1(C)CCC(CN2CCC(CCl)CC2)O1. The lowest BCUT2D eigenvalue weighted by molar-refractivity contribution is -0.0316. The number of piperidine rings is 1. The lowest BCUT2D eigenvalue weighted by Gasteiger charge is -2.33. The molecular formula is C13H24ClNO. The van der Waals surface area contributed by atoms with Gasteiger partial charge in [-0.05, 0) is 58.5 Å². The molecule has 2 fully saturated rings. The van der Waals surface area contributed by atoms with Crippen LogP contribution in [0.5, 0.6) is 0 Å². The Morgan fingerprint density at radius 2 is 1.94 bits per heavy atom. The van der Waals surface area contributed by atoms with E-state index in [-0.39, 0.29) is 5.60 Å². The molecule has 0 aliphatic carbocycles. The van der Waals surface area contributed by atoms with Crippen molar-refractivity contribution in [2.75, 3.05) is 25.5 Å². The molecule has 2 aliphatic rings. The van der Waals surface area contributed by atoms with E-state index >= 15 is 0 Å². The number of halogens is 1. The van der Waals surface area contributed by atoms with Crippen molar-refractivity contribution in [1.82, 2.24) is 4.90 Å². The zero-order valence-electron chi connectivity index (χ0n) is 10.5. The van der Waals surface area contributed by atoms with Gasteiger partial charge in [0.2, 0.25) is 0 Å². The first-order valence-corrected chi connectivity index (χ1v) is 7.09. The Labute approximate surface area is 104 Å². The minimum absolute atomic E-state index is 0.110. The van der Waals surface area contributed by atoms with Gasteiger partial charge in [-0.25, -0.2) is 0 Å². The fourth-order valence-corrected chi connectivity index (χ4v) is 3.13. The fourth-order valence-electron chi connectivity index (χ4n) is 2.82. The maximum atomic E-state index is 6.04. The fraction of sp³-hybridized carbons (Fsp3) is 1.00. The Morgan fingerprint density at radius 3 is 2.44 bits per heavy atom. The second kappa shape index (κ2) is 5.24. The van der Waals surface area contributed by atoms with Crippen LogP contribution in [0.4, 0.5) is 0 Å². The zero-order chi connectivity index (χ0) is 11.6. The predicted octanol–water partition coefficient (Wildman–Crippen LogP) is 2.89. The Bertz CT molecular complexity index is 224. The third kappa shape index (κ3) is 3.35. The summed E-state index contributed by atoms with van der Waals surface area (Å²) in [5.74, 6) is 1.58. The van der Waals surface area contributed by atoms with Gasteiger partial charge < -0.3 is 9.64 Å². The van der Waals surface area contributed by atoms with Crippen LogP contribution in [0.3, 0.4) is 0 Å². The number of hydrogen-bond donors (Lipinski definition) is 0. The summed E-state index contributed by atoms with van der Waals surface area (Å²) in [4.78, 5) is 2.55. The maximum absolute atomic E-state index is 6.04. The molecule has 0 aromatic carbocycles. The molecule has 2 aliphatic heterocycles. The van der Waals surface area contributed by atoms with E-state index in [4.69, 9.17) is 16.3 Å². The maximum Gasteiger partial charge on any atom is 0.0710 e. The molecule has 94 valence electrons. The van der Waals surface area contributed by atoms with Gasteiger partial charge in [0.25, 0.3) is 0 Å². The van der Waals surface area contributed by atoms with Gasteiger partial charge in [0.05, 0.1) is 11.7 Å². The van der Waals surface area contributed by atoms with Gasteiger partial charge in [0.1, 0.15) is 0 Å². The zero-order valence-corrected chi connectivity index (χ0v) is 11.3. The van der Waals surface area contributed by atoms with Crippen molar-refractivity contribution in [3.8, 4) is 0 Å². The summed E-state index contributed by atoms with van der Waals surface area (Å²) >= 11 is 5.89. The number of alkyl halides is 1. The number of rotatable bonds is 3. The molecule has 0 N–H and O–H groups in total. The van der Waals surface area contributed by atoms with Gasteiger partial charge in [-0.3, -0.25) is 0 Å². The van der Waals surface area contributed by atoms with Gasteiger partial charge in [-0.1, -0.05) is 0 Å². The first kappa shape index (κ1) is 12.7. The molecule has 0 amide bonds. The van der Waals surface area contributed by atoms with E-state index in [0.29, 0.717) is 6.10 Å². The van der Waals surface area contributed by atoms with Crippen molar-refractivity contribution >= 4 is 11.6 Å². The molecule has 2 rings (SSSR count). The molecule has 2 heterocycles. The van der Waals surface area contributed by atoms with Crippen molar-refractivity contribution < 1.29 is 4.74 Å². The first-order chi connectivity index (χ1) is 7.59. The molecule has 1 atom stereocenters. The summed E-state index contributed by atoms with van der Waals surface area (Å²) < 4.78 is 6.04. The van der Waals surface area contributed by atoms with Gasteiger partial charge in [-0.15, -0.1) is 11.6 Å². The van der Waals surface area contributed by atoms with E-state index in [1.807, 2.05) is 0 Å². The highest BCUT2D eigenvalue weighted by atomic mass is 35.5. The monoisotopic (exact) mass is 245 g/mol. The van der Waals surface area contributed by atoms with Crippen LogP contribution in [-0.2, 0) is 4.74 Å². The molecule has 0 spiro atoms. The molecule has 0 radical (unpaired) electrons. The van der Waals surface area contributed by atoms with Crippen LogP contribution in [0.15, 0.2) is 0 Å². The highest BCUT2D eigenvalue weighted by molar-refractivity contribution is 6.18. The molecule has 2 nitrogen and oxygen atoms in total. The van der Waals surface area contributed by atoms with E-state index in [1.54, 1.807) is 0 Å². The molecule has 0 bridgehead atoms. The molecule has 0 aromatic rings. The normalized spacial score (nSPS) is 32.1. The molecule has 2 saturated heterocycles. The van der Waals surface area contributed by atoms with Gasteiger partial charge >= 0.3 is 0 Å². The number of hydrogen-bond acceptors (Lipinski definition) is 2. The quantitative estimate of drug-likeness (QED) is 0.709. The van der Waals surface area contributed by atoms with Crippen molar-refractivity contribution in [2.45, 2.75) is 51.2 Å². The van der Waals surface area contributed by atoms with E-state index in [1.165, 1.54) is 38.8 Å². The summed E-state index contributed by atoms with van der Waals surface area (Å²) in [5, 5.41) is 0. The first-order valence-electron chi connectivity index (χ1n) is 6.55. The summed E-state index contributed by atoms with van der Waals surface area (Å²) in [6, 6.07) is 0. The van der Waals surface area contributed by atoms with Crippen LogP contribution in [0.2, 0.25) is 0 Å². The van der Waals surface area contributed by atoms with E-state index in [9.17, 15) is 0 Å². The number of likely N-dealkylation sites (tertiary alicyclic amines) is 1. The minimum Gasteiger partial charge on any atom is -0.371 e. The predicted molar refractivity (Wildman–Crippen MR) is 68.1 cm³/mol. The molecule has 0 aromatic heterocycles. The Morgan fingerprint density at radius 1 is 1.25 bits per heavy atom. The lowest BCUT2D eigenvalue weighted by atomic mass is 9.98. The molecule has 0 saturated carbocycles. The van der Waals surface area contributed by atoms with Crippen LogP contribution >= 0.6 is 11.6 Å². The van der Waals surface area contributed by atoms with E-state index in [0.717, 1.165) is 18.3 Å². The summed E-state index contributed by atoms with van der Waals surface area (Å²) in [6.07, 6.45) is 5.42.